The van der Waals surface area contributed by atoms with E-state index in [0.29, 0.717) is 5.92 Å². The molecule has 0 saturated carbocycles. The van der Waals surface area contributed by atoms with Gasteiger partial charge in [0.2, 0.25) is 0 Å². The fraction of sp³-hybridized carbons (Fsp3) is 0.0877. The average Bonchev–Trinajstić information content (AvgIpc) is 3.38. The van der Waals surface area contributed by atoms with Crippen LogP contribution in [0.5, 0.6) is 0 Å². The lowest BCUT2D eigenvalue weighted by molar-refractivity contribution is 0.735. The lowest BCUT2D eigenvalue weighted by atomic mass is 9.85. The van der Waals surface area contributed by atoms with E-state index in [-0.39, 0.29) is 0 Å². The number of hydrogen-bond donors (Lipinski definition) is 0. The van der Waals surface area contributed by atoms with Crippen LogP contribution in [0.15, 0.2) is 213 Å². The molecule has 2 aliphatic rings. The molecule has 284 valence electrons. The van der Waals surface area contributed by atoms with Gasteiger partial charge >= 0.3 is 0 Å². The zero-order chi connectivity index (χ0) is 39.9. The first-order valence-electron chi connectivity index (χ1n) is 20.8. The maximum absolute atomic E-state index is 4.76. The number of rotatable bonds is 8. The van der Waals surface area contributed by atoms with E-state index in [1.807, 2.05) is 0 Å². The van der Waals surface area contributed by atoms with Gasteiger partial charge in [0.1, 0.15) is 0 Å². The van der Waals surface area contributed by atoms with Gasteiger partial charge in [0, 0.05) is 33.5 Å². The molecule has 1 aromatic heterocycles. The van der Waals surface area contributed by atoms with Gasteiger partial charge in [-0.25, -0.2) is 0 Å². The first-order valence-corrected chi connectivity index (χ1v) is 20.8. The molecule has 1 atom stereocenters. The second-order valence-electron chi connectivity index (χ2n) is 15.9. The minimum atomic E-state index is 0.550. The molecule has 0 bridgehead atoms. The Balaban J connectivity index is 1.04. The maximum Gasteiger partial charge on any atom is 0.0547 e. The third-order valence-corrected chi connectivity index (χ3v) is 12.0. The van der Waals surface area contributed by atoms with Crippen LogP contribution in [0.3, 0.4) is 0 Å². The molecular weight excluding hydrogens is 713 g/mol. The average molecular weight is 759 g/mol. The number of aromatic nitrogens is 1. The molecule has 0 radical (unpaired) electrons. The number of benzene rings is 7. The number of fused-ring (bicyclic) bond motifs is 4. The van der Waals surface area contributed by atoms with Gasteiger partial charge < -0.3 is 9.47 Å². The highest BCUT2D eigenvalue weighted by molar-refractivity contribution is 6.12. The molecule has 1 unspecified atom stereocenters. The Morgan fingerprint density at radius 1 is 0.644 bits per heavy atom. The molecule has 0 aliphatic heterocycles. The Bertz CT molecular complexity index is 3090. The number of aryl methyl sites for hydroxylation is 1. The van der Waals surface area contributed by atoms with Gasteiger partial charge in [-0.15, -0.1) is 0 Å². The molecule has 0 N–H and O–H groups in total. The number of nitrogens with zero attached hydrogens (tertiary/aromatic N) is 2. The summed E-state index contributed by atoms with van der Waals surface area (Å²) < 4.78 is 2.45. The van der Waals surface area contributed by atoms with Crippen LogP contribution in [0.2, 0.25) is 0 Å². The van der Waals surface area contributed by atoms with Gasteiger partial charge in [-0.3, -0.25) is 0 Å². The van der Waals surface area contributed by atoms with Crippen LogP contribution in [-0.2, 0) is 0 Å². The summed E-state index contributed by atoms with van der Waals surface area (Å²) in [5.41, 5.74) is 16.4. The summed E-state index contributed by atoms with van der Waals surface area (Å²) in [7, 11) is 0. The molecule has 2 aliphatic carbocycles. The van der Waals surface area contributed by atoms with Crippen molar-refractivity contribution in [2.24, 2.45) is 5.92 Å². The molecule has 0 amide bonds. The molecule has 0 saturated heterocycles. The van der Waals surface area contributed by atoms with E-state index in [9.17, 15) is 0 Å². The minimum absolute atomic E-state index is 0.550. The molecule has 0 fully saturated rings. The fourth-order valence-electron chi connectivity index (χ4n) is 8.99. The first kappa shape index (κ1) is 36.2. The van der Waals surface area contributed by atoms with Crippen molar-refractivity contribution >= 4 is 55.2 Å². The Morgan fingerprint density at radius 3 is 2.27 bits per heavy atom. The highest BCUT2D eigenvalue weighted by atomic mass is 15.1. The van der Waals surface area contributed by atoms with Crippen molar-refractivity contribution < 1.29 is 0 Å². The standard InChI is InChI=1S/C57H46N2/c1-39-25-31-48(32-26-39)59-55-24-13-12-21-52(55)53-36-30-45(38-56(53)59)51-23-14-15-40(2)57(51)54-22-11-10-20-50(54)41(3)42-27-33-47(34-28-42)58(46-18-6-4-5-7-19-46)49-35-29-43-16-8-9-17-44(43)37-49/h4-6,8-25,27-39H,3,7,26H2,1-2H3. The van der Waals surface area contributed by atoms with Gasteiger partial charge in [0.15, 0.2) is 0 Å². The van der Waals surface area contributed by atoms with E-state index in [4.69, 9.17) is 6.58 Å². The molecule has 1 heterocycles. The maximum atomic E-state index is 4.76. The van der Waals surface area contributed by atoms with Gasteiger partial charge in [-0.1, -0.05) is 165 Å². The first-order chi connectivity index (χ1) is 29.0. The summed E-state index contributed by atoms with van der Waals surface area (Å²) >= 11 is 0. The Morgan fingerprint density at radius 2 is 1.41 bits per heavy atom. The second-order valence-corrected chi connectivity index (χ2v) is 15.9. The molecular formula is C57H46N2. The SMILES string of the molecule is C=C(c1ccc(N(C2=CCC=CC=C2)c2ccc3ccccc3c2)cc1)c1ccccc1-c1c(C)cccc1-c1ccc2c3ccccc3n(C3=CCC(C)C=C3)c2c1. The van der Waals surface area contributed by atoms with Crippen LogP contribution in [0.4, 0.5) is 11.4 Å². The van der Waals surface area contributed by atoms with E-state index < -0.39 is 0 Å². The van der Waals surface area contributed by atoms with Crippen molar-refractivity contribution in [3.63, 3.8) is 0 Å². The summed E-state index contributed by atoms with van der Waals surface area (Å²) in [6, 6.07) is 55.5. The van der Waals surface area contributed by atoms with E-state index in [0.717, 1.165) is 46.6 Å². The molecule has 0 spiro atoms. The Kier molecular flexibility index (Phi) is 9.39. The fourth-order valence-corrected chi connectivity index (χ4v) is 8.99. The lowest BCUT2D eigenvalue weighted by Gasteiger charge is -2.27. The van der Waals surface area contributed by atoms with Gasteiger partial charge in [0.25, 0.3) is 0 Å². The van der Waals surface area contributed by atoms with Gasteiger partial charge in [-0.05, 0) is 130 Å². The third kappa shape index (κ3) is 6.67. The van der Waals surface area contributed by atoms with Crippen molar-refractivity contribution in [3.05, 3.63) is 229 Å². The number of allylic oxidation sites excluding steroid dienone is 9. The van der Waals surface area contributed by atoms with Crippen molar-refractivity contribution in [3.8, 4) is 22.3 Å². The quantitative estimate of drug-likeness (QED) is 0.150. The lowest BCUT2D eigenvalue weighted by Crippen LogP contribution is -2.15. The largest absolute Gasteiger partial charge is 0.311 e. The predicted octanol–water partition coefficient (Wildman–Crippen LogP) is 15.6. The minimum Gasteiger partial charge on any atom is -0.311 e. The number of anilines is 2. The van der Waals surface area contributed by atoms with E-state index in [2.05, 4.69) is 224 Å². The molecule has 59 heavy (non-hydrogen) atoms. The molecule has 2 nitrogen and oxygen atoms in total. The van der Waals surface area contributed by atoms with Crippen molar-refractivity contribution in [1.82, 2.24) is 4.57 Å². The molecule has 7 aromatic carbocycles. The number of para-hydroxylation sites is 1. The van der Waals surface area contributed by atoms with Crippen LogP contribution in [0, 0.1) is 12.8 Å². The van der Waals surface area contributed by atoms with Crippen LogP contribution in [0.25, 0.3) is 66.1 Å². The van der Waals surface area contributed by atoms with E-state index >= 15 is 0 Å². The Hall–Kier alpha value is -7.16. The second kappa shape index (κ2) is 15.3. The van der Waals surface area contributed by atoms with E-state index in [1.54, 1.807) is 0 Å². The molecule has 2 heteroatoms. The summed E-state index contributed by atoms with van der Waals surface area (Å²) in [6.07, 6.45) is 19.9. The Labute approximate surface area is 347 Å². The smallest absolute Gasteiger partial charge is 0.0547 e. The molecule has 10 rings (SSSR count). The van der Waals surface area contributed by atoms with Crippen molar-refractivity contribution in [1.29, 1.82) is 0 Å². The molecule has 8 aromatic rings. The van der Waals surface area contributed by atoms with Crippen LogP contribution in [-0.4, -0.2) is 4.57 Å². The zero-order valence-electron chi connectivity index (χ0n) is 33.6. The van der Waals surface area contributed by atoms with Gasteiger partial charge in [0.05, 0.1) is 11.0 Å². The number of hydrogen-bond acceptors (Lipinski definition) is 1. The van der Waals surface area contributed by atoms with Crippen molar-refractivity contribution in [2.75, 3.05) is 4.90 Å². The summed E-state index contributed by atoms with van der Waals surface area (Å²) in [5, 5.41) is 5.00. The zero-order valence-corrected chi connectivity index (χ0v) is 33.6. The highest BCUT2D eigenvalue weighted by Gasteiger charge is 2.20. The van der Waals surface area contributed by atoms with Crippen molar-refractivity contribution in [2.45, 2.75) is 26.7 Å². The topological polar surface area (TPSA) is 8.17 Å². The highest BCUT2D eigenvalue weighted by Crippen LogP contribution is 2.43. The summed E-state index contributed by atoms with van der Waals surface area (Å²) in [4.78, 5) is 2.36. The normalized spacial score (nSPS) is 15.1. The van der Waals surface area contributed by atoms with Gasteiger partial charge in [-0.2, -0.15) is 0 Å². The predicted molar refractivity (Wildman–Crippen MR) is 254 cm³/mol. The third-order valence-electron chi connectivity index (χ3n) is 12.0. The summed E-state index contributed by atoms with van der Waals surface area (Å²) in [6.45, 7) is 9.27. The van der Waals surface area contributed by atoms with Crippen LogP contribution >= 0.6 is 0 Å². The summed E-state index contributed by atoms with van der Waals surface area (Å²) in [5.74, 6) is 0.550. The monoisotopic (exact) mass is 758 g/mol. The van der Waals surface area contributed by atoms with E-state index in [1.165, 1.54) is 66.1 Å². The van der Waals surface area contributed by atoms with Crippen LogP contribution < -0.4 is 4.90 Å². The van der Waals surface area contributed by atoms with Crippen LogP contribution in [0.1, 0.15) is 36.5 Å².